The van der Waals surface area contributed by atoms with Crippen LogP contribution in [0, 0.1) is 28.6 Å². The summed E-state index contributed by atoms with van der Waals surface area (Å²) in [6.45, 7) is 9.71. The van der Waals surface area contributed by atoms with Crippen molar-refractivity contribution in [2.45, 2.75) is 103 Å². The van der Waals surface area contributed by atoms with Gasteiger partial charge in [-0.3, -0.25) is 0 Å². The Hall–Kier alpha value is -1.90. The van der Waals surface area contributed by atoms with Crippen LogP contribution in [-0.2, 0) is 14.3 Å². The predicted molar refractivity (Wildman–Crippen MR) is 150 cm³/mol. The van der Waals surface area contributed by atoms with Gasteiger partial charge < -0.3 is 19.4 Å². The number of rotatable bonds is 4. The lowest BCUT2D eigenvalue weighted by atomic mass is 9.50. The minimum absolute atomic E-state index is 0.00212. The smallest absolute Gasteiger partial charge is 0.396 e. The number of allylic oxidation sites excluding steroid dienone is 2. The van der Waals surface area contributed by atoms with E-state index in [2.05, 4.69) is 19.0 Å². The Balaban J connectivity index is 1.38. The molecule has 1 aromatic carbocycles. The topological polar surface area (TPSA) is 60.3 Å². The van der Waals surface area contributed by atoms with Crippen molar-refractivity contribution in [2.75, 3.05) is 19.8 Å². The van der Waals surface area contributed by atoms with Gasteiger partial charge in [-0.1, -0.05) is 61.3 Å². The van der Waals surface area contributed by atoms with Crippen molar-refractivity contribution in [3.63, 3.8) is 0 Å². The molecule has 6 rings (SSSR count). The average molecular weight is 576 g/mol. The van der Waals surface area contributed by atoms with Crippen LogP contribution in [0.2, 0.25) is 0 Å². The quantitative estimate of drug-likeness (QED) is 0.229. The summed E-state index contributed by atoms with van der Waals surface area (Å²) in [5, 5.41) is 15.3. The maximum absolute atomic E-state index is 14.5. The highest BCUT2D eigenvalue weighted by Crippen LogP contribution is 2.69. The Morgan fingerprint density at radius 1 is 1.02 bits per heavy atom. The molecule has 0 bridgehead atoms. The van der Waals surface area contributed by atoms with Gasteiger partial charge in [-0.25, -0.2) is 0 Å². The summed E-state index contributed by atoms with van der Waals surface area (Å²) in [6.07, 6.45) is 1.66. The Morgan fingerprint density at radius 3 is 2.39 bits per heavy atom. The largest absolute Gasteiger partial charge is 0.417 e. The van der Waals surface area contributed by atoms with Crippen LogP contribution in [0.5, 0.6) is 0 Å². The summed E-state index contributed by atoms with van der Waals surface area (Å²) in [7, 11) is 0. The minimum Gasteiger partial charge on any atom is -0.396 e. The van der Waals surface area contributed by atoms with Crippen LogP contribution >= 0.6 is 0 Å². The van der Waals surface area contributed by atoms with Crippen LogP contribution < -0.4 is 0 Å². The fourth-order valence-corrected chi connectivity index (χ4v) is 8.98. The van der Waals surface area contributed by atoms with E-state index in [9.17, 15) is 18.3 Å². The molecule has 0 amide bonds. The maximum Gasteiger partial charge on any atom is 0.417 e. The SMILES string of the molecule is CCO/N=C/c1ccc([C@H]2C[C@@]3(C)C(CC[C@@]3(O)C(F)(F)F)C3CCC4CC5(CCC4=C32)OCC(C)(C)CO5)cc1. The van der Waals surface area contributed by atoms with Crippen LogP contribution in [-0.4, -0.2) is 48.7 Å². The first-order valence-corrected chi connectivity index (χ1v) is 15.4. The van der Waals surface area contributed by atoms with Gasteiger partial charge in [0.05, 0.1) is 19.4 Å². The average Bonchev–Trinajstić information content (AvgIpc) is 3.22. The van der Waals surface area contributed by atoms with Gasteiger partial charge in [-0.05, 0) is 74.3 Å². The van der Waals surface area contributed by atoms with Crippen LogP contribution in [0.4, 0.5) is 13.2 Å². The van der Waals surface area contributed by atoms with Crippen molar-refractivity contribution in [1.82, 2.24) is 0 Å². The lowest BCUT2D eigenvalue weighted by Crippen LogP contribution is -2.59. The third-order valence-electron chi connectivity index (χ3n) is 11.2. The summed E-state index contributed by atoms with van der Waals surface area (Å²) in [5.41, 5.74) is 0.723. The maximum atomic E-state index is 14.5. The number of aliphatic hydroxyl groups is 1. The Labute approximate surface area is 241 Å². The molecular formula is C33H44F3NO4. The van der Waals surface area contributed by atoms with Crippen LogP contribution in [0.25, 0.3) is 0 Å². The summed E-state index contributed by atoms with van der Waals surface area (Å²) in [5.74, 6) is -0.568. The van der Waals surface area contributed by atoms with Gasteiger partial charge >= 0.3 is 6.18 Å². The molecule has 3 unspecified atom stereocenters. The molecule has 41 heavy (non-hydrogen) atoms. The molecule has 4 aliphatic carbocycles. The first-order chi connectivity index (χ1) is 19.3. The zero-order valence-corrected chi connectivity index (χ0v) is 24.7. The molecule has 1 spiro atoms. The Morgan fingerprint density at radius 2 is 1.73 bits per heavy atom. The third-order valence-corrected chi connectivity index (χ3v) is 11.2. The molecule has 6 atom stereocenters. The van der Waals surface area contributed by atoms with E-state index in [1.807, 2.05) is 31.2 Å². The van der Waals surface area contributed by atoms with Gasteiger partial charge in [0.1, 0.15) is 6.61 Å². The standard InChI is InChI=1S/C33H44F3NO4/c1-5-41-37-18-21-6-8-22(9-7-21)26-17-30(4)27(13-15-32(30,38)33(34,35)36)25-11-10-23-16-31(14-12-24(23)28(25)26)39-19-29(2,3)20-40-31/h6-9,18,23,25-27,38H,5,10-17,19-20H2,1-4H3/b37-18+/t23?,25?,26-,27?,30+,32+/m1/s1. The van der Waals surface area contributed by atoms with Crippen LogP contribution in [0.3, 0.4) is 0 Å². The highest BCUT2D eigenvalue weighted by molar-refractivity contribution is 5.79. The lowest BCUT2D eigenvalue weighted by Gasteiger charge is -2.57. The van der Waals surface area contributed by atoms with Gasteiger partial charge in [0.15, 0.2) is 11.4 Å². The molecule has 1 N–H and O–H groups in total. The summed E-state index contributed by atoms with van der Waals surface area (Å²) in [6, 6.07) is 7.96. The normalized spacial score (nSPS) is 38.0. The van der Waals surface area contributed by atoms with Crippen LogP contribution in [0.15, 0.2) is 40.6 Å². The molecule has 1 aromatic rings. The van der Waals surface area contributed by atoms with Gasteiger partial charge in [-0.2, -0.15) is 13.2 Å². The number of hydrogen-bond acceptors (Lipinski definition) is 5. The Bertz CT molecular complexity index is 1200. The van der Waals surface area contributed by atoms with E-state index in [4.69, 9.17) is 14.3 Å². The van der Waals surface area contributed by atoms with Crippen molar-refractivity contribution in [3.05, 3.63) is 46.5 Å². The molecule has 8 heteroatoms. The number of benzene rings is 1. The highest BCUT2D eigenvalue weighted by atomic mass is 19.4. The van der Waals surface area contributed by atoms with Gasteiger partial charge in [0.2, 0.25) is 0 Å². The third kappa shape index (κ3) is 4.76. The zero-order chi connectivity index (χ0) is 29.3. The number of fused-ring (bicyclic) bond motifs is 4. The summed E-state index contributed by atoms with van der Waals surface area (Å²) >= 11 is 0. The van der Waals surface area contributed by atoms with E-state index >= 15 is 0 Å². The van der Waals surface area contributed by atoms with Crippen molar-refractivity contribution in [2.24, 2.45) is 33.7 Å². The van der Waals surface area contributed by atoms with E-state index in [0.29, 0.717) is 32.2 Å². The van der Waals surface area contributed by atoms with Crippen molar-refractivity contribution < 1.29 is 32.6 Å². The van der Waals surface area contributed by atoms with Gasteiger partial charge in [0, 0.05) is 29.6 Å². The lowest BCUT2D eigenvalue weighted by molar-refractivity contribution is -0.312. The molecule has 1 heterocycles. The molecule has 5 aliphatic rings. The van der Waals surface area contributed by atoms with Gasteiger partial charge in [0.25, 0.3) is 0 Å². The second-order valence-corrected chi connectivity index (χ2v) is 14.2. The monoisotopic (exact) mass is 575 g/mol. The Kier molecular flexibility index (Phi) is 7.18. The fraction of sp³-hybridized carbons (Fsp3) is 0.727. The number of oxime groups is 1. The fourth-order valence-electron chi connectivity index (χ4n) is 8.98. The number of ether oxygens (including phenoxy) is 2. The van der Waals surface area contributed by atoms with E-state index in [-0.39, 0.29) is 36.0 Å². The first kappa shape index (κ1) is 29.2. The summed E-state index contributed by atoms with van der Waals surface area (Å²) in [4.78, 5) is 5.10. The molecule has 0 radical (unpaired) electrons. The number of hydrogen-bond donors (Lipinski definition) is 1. The van der Waals surface area contributed by atoms with Crippen LogP contribution in [0.1, 0.15) is 96.1 Å². The predicted octanol–water partition coefficient (Wildman–Crippen LogP) is 7.53. The zero-order valence-electron chi connectivity index (χ0n) is 24.7. The molecule has 0 aromatic heterocycles. The molecule has 226 valence electrons. The number of nitrogens with zero attached hydrogens (tertiary/aromatic N) is 1. The molecule has 4 fully saturated rings. The van der Waals surface area contributed by atoms with Crippen molar-refractivity contribution >= 4 is 6.21 Å². The van der Waals surface area contributed by atoms with Crippen molar-refractivity contribution in [1.29, 1.82) is 0 Å². The number of alkyl halides is 3. The summed E-state index contributed by atoms with van der Waals surface area (Å²) < 4.78 is 56.4. The molecule has 3 saturated carbocycles. The minimum atomic E-state index is -4.66. The van der Waals surface area contributed by atoms with E-state index < -0.39 is 23.0 Å². The van der Waals surface area contributed by atoms with E-state index in [1.165, 1.54) is 11.1 Å². The molecular weight excluding hydrogens is 531 g/mol. The van der Waals surface area contributed by atoms with Gasteiger partial charge in [-0.15, -0.1) is 0 Å². The first-order valence-electron chi connectivity index (χ1n) is 15.4. The second-order valence-electron chi connectivity index (χ2n) is 14.2. The molecule has 5 nitrogen and oxygen atoms in total. The van der Waals surface area contributed by atoms with Crippen molar-refractivity contribution in [3.8, 4) is 0 Å². The molecule has 1 saturated heterocycles. The van der Waals surface area contributed by atoms with E-state index in [1.54, 1.807) is 13.1 Å². The molecule has 1 aliphatic heterocycles. The van der Waals surface area contributed by atoms with E-state index in [0.717, 1.165) is 43.2 Å². The second kappa shape index (κ2) is 10.1. The number of halogens is 3. The highest BCUT2D eigenvalue weighted by Gasteiger charge is 2.72.